The van der Waals surface area contributed by atoms with Crippen LogP contribution in [0.15, 0.2) is 30.0 Å². The summed E-state index contributed by atoms with van der Waals surface area (Å²) >= 11 is 0. The molecule has 2 aromatic heterocycles. The molecule has 0 amide bonds. The molecule has 7 nitrogen and oxygen atoms in total. The van der Waals surface area contributed by atoms with Crippen LogP contribution in [0.1, 0.15) is 43.3 Å². The summed E-state index contributed by atoms with van der Waals surface area (Å²) in [5.74, 6) is 0.821. The van der Waals surface area contributed by atoms with Crippen LogP contribution in [-0.2, 0) is 4.74 Å². The van der Waals surface area contributed by atoms with E-state index in [-0.39, 0.29) is 11.6 Å². The quantitative estimate of drug-likeness (QED) is 0.688. The second-order valence-electron chi connectivity index (χ2n) is 9.17. The molecule has 170 valence electrons. The van der Waals surface area contributed by atoms with E-state index in [2.05, 4.69) is 31.4 Å². The highest BCUT2D eigenvalue weighted by Crippen LogP contribution is 2.61. The summed E-state index contributed by atoms with van der Waals surface area (Å²) in [5.41, 5.74) is 9.83. The zero-order valence-electron chi connectivity index (χ0n) is 17.8. The minimum atomic E-state index is -2.95. The first kappa shape index (κ1) is 20.1. The number of anilines is 1. The summed E-state index contributed by atoms with van der Waals surface area (Å²) < 4.78 is 37.7. The minimum Gasteiger partial charge on any atom is -0.431 e. The van der Waals surface area contributed by atoms with E-state index < -0.39 is 6.61 Å². The predicted octanol–water partition coefficient (Wildman–Crippen LogP) is 3.60. The van der Waals surface area contributed by atoms with Gasteiger partial charge < -0.3 is 15.2 Å². The number of allylic oxidation sites excluding steroid dienone is 1. The van der Waals surface area contributed by atoms with Crippen molar-refractivity contribution in [2.45, 2.75) is 50.3 Å². The number of halogens is 2. The van der Waals surface area contributed by atoms with Gasteiger partial charge in [0, 0.05) is 42.5 Å². The average molecular weight is 443 g/mol. The lowest BCUT2D eigenvalue weighted by atomic mass is 9.93. The van der Waals surface area contributed by atoms with Crippen molar-refractivity contribution in [3.05, 3.63) is 35.7 Å². The van der Waals surface area contributed by atoms with Gasteiger partial charge in [-0.3, -0.25) is 9.58 Å². The maximum Gasteiger partial charge on any atom is 0.387 e. The Hall–Kier alpha value is -2.52. The topological polar surface area (TPSA) is 78.4 Å². The van der Waals surface area contributed by atoms with E-state index in [1.165, 1.54) is 23.8 Å². The number of nitrogen functional groups attached to an aromatic ring is 1. The molecule has 6 rings (SSSR count). The van der Waals surface area contributed by atoms with Gasteiger partial charge in [0.1, 0.15) is 0 Å². The number of morpholine rings is 1. The maximum absolute atomic E-state index is 12.7. The lowest BCUT2D eigenvalue weighted by molar-refractivity contribution is -0.0494. The fourth-order valence-electron chi connectivity index (χ4n) is 5.42. The van der Waals surface area contributed by atoms with Crippen LogP contribution in [0.2, 0.25) is 0 Å². The molecule has 2 saturated carbocycles. The molecule has 0 spiro atoms. The van der Waals surface area contributed by atoms with E-state index in [0.29, 0.717) is 29.5 Å². The molecular formula is C23H27F2N5O2. The first-order chi connectivity index (χ1) is 15.6. The van der Waals surface area contributed by atoms with Crippen LogP contribution in [-0.4, -0.2) is 58.6 Å². The molecule has 3 atom stereocenters. The van der Waals surface area contributed by atoms with E-state index in [1.807, 2.05) is 0 Å². The zero-order chi connectivity index (χ0) is 21.8. The maximum atomic E-state index is 12.7. The van der Waals surface area contributed by atoms with E-state index in [9.17, 15) is 8.78 Å². The third kappa shape index (κ3) is 3.47. The van der Waals surface area contributed by atoms with Gasteiger partial charge in [-0.2, -0.15) is 13.9 Å². The standard InChI is InChI=1S/C23H27F2N5O2/c24-23(25)32-20-8-13(12-27-22(20)26)18-11-19(30(28-18)14-2-1-3-14)21-16-9-15(10-17(16)21)29-4-6-31-7-5-29/h8-9,11-12,14-15,17,21,23H,1-7,10H2,(H2,26,27)/t15-,17-,21-/m1/s1. The van der Waals surface area contributed by atoms with Gasteiger partial charge in [0.05, 0.1) is 24.9 Å². The van der Waals surface area contributed by atoms with Gasteiger partial charge in [-0.25, -0.2) is 4.98 Å². The van der Waals surface area contributed by atoms with E-state index in [4.69, 9.17) is 15.6 Å². The number of nitrogens with zero attached hydrogens (tertiary/aromatic N) is 4. The Morgan fingerprint density at radius 1 is 1.19 bits per heavy atom. The number of fused-ring (bicyclic) bond motifs is 1. The summed E-state index contributed by atoms with van der Waals surface area (Å²) in [6.07, 6.45) is 8.65. The van der Waals surface area contributed by atoms with Gasteiger partial charge in [-0.15, -0.1) is 0 Å². The summed E-state index contributed by atoms with van der Waals surface area (Å²) in [6, 6.07) is 4.54. The van der Waals surface area contributed by atoms with Crippen LogP contribution >= 0.6 is 0 Å². The molecular weight excluding hydrogens is 416 g/mol. The Morgan fingerprint density at radius 2 is 2.00 bits per heavy atom. The van der Waals surface area contributed by atoms with Crippen molar-refractivity contribution in [3.8, 4) is 17.0 Å². The molecule has 0 aromatic carbocycles. The van der Waals surface area contributed by atoms with Crippen LogP contribution in [0, 0.1) is 5.92 Å². The highest BCUT2D eigenvalue weighted by Gasteiger charge is 2.52. The fourth-order valence-corrected chi connectivity index (χ4v) is 5.42. The van der Waals surface area contributed by atoms with Gasteiger partial charge >= 0.3 is 6.61 Å². The largest absolute Gasteiger partial charge is 0.431 e. The zero-order valence-corrected chi connectivity index (χ0v) is 17.8. The second-order valence-corrected chi connectivity index (χ2v) is 9.17. The van der Waals surface area contributed by atoms with Gasteiger partial charge in [-0.1, -0.05) is 11.6 Å². The van der Waals surface area contributed by atoms with Gasteiger partial charge in [-0.05, 0) is 43.7 Å². The predicted molar refractivity (Wildman–Crippen MR) is 115 cm³/mol. The number of pyridine rings is 1. The molecule has 4 aliphatic rings. The third-order valence-electron chi connectivity index (χ3n) is 7.37. The average Bonchev–Trinajstić information content (AvgIpc) is 3.09. The summed E-state index contributed by atoms with van der Waals surface area (Å²) in [6.45, 7) is 0.693. The second kappa shape index (κ2) is 7.81. The molecule has 0 radical (unpaired) electrons. The number of alkyl halides is 2. The molecule has 9 heteroatoms. The molecule has 1 saturated heterocycles. The van der Waals surface area contributed by atoms with Crippen LogP contribution in [0.3, 0.4) is 0 Å². The molecule has 0 bridgehead atoms. The smallest absolute Gasteiger partial charge is 0.387 e. The number of hydrogen-bond donors (Lipinski definition) is 1. The fraction of sp³-hybridized carbons (Fsp3) is 0.565. The van der Waals surface area contributed by atoms with Crippen LogP contribution in [0.4, 0.5) is 14.6 Å². The molecule has 0 unspecified atom stereocenters. The van der Waals surface area contributed by atoms with Crippen molar-refractivity contribution in [2.24, 2.45) is 5.92 Å². The van der Waals surface area contributed by atoms with E-state index in [0.717, 1.165) is 51.3 Å². The van der Waals surface area contributed by atoms with Crippen molar-refractivity contribution in [3.63, 3.8) is 0 Å². The molecule has 3 fully saturated rings. The Bertz CT molecular complexity index is 1050. The van der Waals surface area contributed by atoms with Crippen LogP contribution in [0.25, 0.3) is 11.3 Å². The number of aromatic nitrogens is 3. The lowest BCUT2D eigenvalue weighted by Crippen LogP contribution is -2.42. The monoisotopic (exact) mass is 443 g/mol. The Labute approximate surface area is 185 Å². The van der Waals surface area contributed by atoms with Crippen molar-refractivity contribution in [1.82, 2.24) is 19.7 Å². The molecule has 2 N–H and O–H groups in total. The SMILES string of the molecule is Nc1ncc(-c2cc([C@@H]3C4=C[C@@H](N5CCOCC5)C[C@H]43)n(C3CCC3)n2)cc1OC(F)F. The number of rotatable bonds is 6. The molecule has 2 aromatic rings. The summed E-state index contributed by atoms with van der Waals surface area (Å²) in [4.78, 5) is 6.58. The van der Waals surface area contributed by atoms with E-state index in [1.54, 1.807) is 6.20 Å². The number of hydrogen-bond acceptors (Lipinski definition) is 6. The lowest BCUT2D eigenvalue weighted by Gasteiger charge is -2.32. The highest BCUT2D eigenvalue weighted by atomic mass is 19.3. The summed E-state index contributed by atoms with van der Waals surface area (Å²) in [5, 5.41) is 4.89. The van der Waals surface area contributed by atoms with Gasteiger partial charge in [0.2, 0.25) is 0 Å². The Morgan fingerprint density at radius 3 is 2.66 bits per heavy atom. The van der Waals surface area contributed by atoms with Crippen LogP contribution < -0.4 is 10.5 Å². The summed E-state index contributed by atoms with van der Waals surface area (Å²) in [7, 11) is 0. The van der Waals surface area contributed by atoms with Crippen LogP contribution in [0.5, 0.6) is 5.75 Å². The first-order valence-electron chi connectivity index (χ1n) is 11.4. The number of nitrogens with two attached hydrogens (primary N) is 1. The highest BCUT2D eigenvalue weighted by molar-refractivity contribution is 5.65. The van der Waals surface area contributed by atoms with Crippen molar-refractivity contribution in [2.75, 3.05) is 32.0 Å². The molecule has 1 aliphatic heterocycles. The molecule has 3 aliphatic carbocycles. The normalized spacial score (nSPS) is 27.8. The van der Waals surface area contributed by atoms with E-state index >= 15 is 0 Å². The third-order valence-corrected chi connectivity index (χ3v) is 7.37. The molecule has 3 heterocycles. The van der Waals surface area contributed by atoms with Crippen molar-refractivity contribution in [1.29, 1.82) is 0 Å². The van der Waals surface area contributed by atoms with Gasteiger partial charge in [0.25, 0.3) is 0 Å². The Balaban J connectivity index is 1.28. The van der Waals surface area contributed by atoms with Crippen molar-refractivity contribution < 1.29 is 18.3 Å². The minimum absolute atomic E-state index is 0.0521. The Kier molecular flexibility index (Phi) is 4.91. The first-order valence-corrected chi connectivity index (χ1v) is 11.4. The molecule has 32 heavy (non-hydrogen) atoms. The number of ether oxygens (including phenoxy) is 2. The van der Waals surface area contributed by atoms with Gasteiger partial charge in [0.15, 0.2) is 11.6 Å². The van der Waals surface area contributed by atoms with Crippen molar-refractivity contribution >= 4 is 5.82 Å².